The zero-order valence-corrected chi connectivity index (χ0v) is 5.48. The summed E-state index contributed by atoms with van der Waals surface area (Å²) in [5.74, 6) is 0. The molecule has 1 heterocycles. The minimum absolute atomic E-state index is 0.0243. The molecule has 4 nitrogen and oxygen atoms in total. The average molecular weight is 129 g/mol. The normalized spacial score (nSPS) is 19.7. The van der Waals surface area contributed by atoms with Crippen molar-refractivity contribution in [2.45, 2.75) is 6.92 Å². The minimum Gasteiger partial charge on any atom is -0.325 e. The van der Waals surface area contributed by atoms with Gasteiger partial charge in [0.25, 0.3) is 0 Å². The fourth-order valence-electron chi connectivity index (χ4n) is 0.768. The molecule has 1 saturated heterocycles. The molecule has 0 aliphatic carbocycles. The molecular weight excluding hydrogens is 118 g/mol. The van der Waals surface area contributed by atoms with E-state index >= 15 is 0 Å². The third kappa shape index (κ3) is 1.32. The van der Waals surface area contributed by atoms with E-state index in [0.29, 0.717) is 13.3 Å². The maximum absolute atomic E-state index is 10.8. The third-order valence-corrected chi connectivity index (χ3v) is 1.34. The second-order valence-electron chi connectivity index (χ2n) is 1.92. The number of hydrogen-bond donors (Lipinski definition) is 2. The summed E-state index contributed by atoms with van der Waals surface area (Å²) in [5, 5.41) is 5.67. The van der Waals surface area contributed by atoms with Gasteiger partial charge in [-0.25, -0.2) is 4.79 Å². The van der Waals surface area contributed by atoms with Crippen LogP contribution in [0.2, 0.25) is 0 Å². The molecule has 1 rings (SSSR count). The lowest BCUT2D eigenvalue weighted by atomic mass is 10.6. The predicted molar refractivity (Wildman–Crippen MR) is 33.8 cm³/mol. The Morgan fingerprint density at radius 1 is 1.78 bits per heavy atom. The molecule has 2 N–H and O–H groups in total. The molecule has 9 heavy (non-hydrogen) atoms. The summed E-state index contributed by atoms with van der Waals surface area (Å²) in [6.45, 7) is 3.98. The Labute approximate surface area is 54.2 Å². The summed E-state index contributed by atoms with van der Waals surface area (Å²) in [6, 6.07) is 0.0243. The molecule has 52 valence electrons. The highest BCUT2D eigenvalue weighted by molar-refractivity contribution is 5.74. The summed E-state index contributed by atoms with van der Waals surface area (Å²) in [7, 11) is 0. The molecule has 0 unspecified atom stereocenters. The van der Waals surface area contributed by atoms with Crippen LogP contribution in [0, 0.1) is 0 Å². The highest BCUT2D eigenvalue weighted by atomic mass is 16.2. The van der Waals surface area contributed by atoms with E-state index in [4.69, 9.17) is 0 Å². The fourth-order valence-corrected chi connectivity index (χ4v) is 0.768. The van der Waals surface area contributed by atoms with E-state index in [0.717, 1.165) is 6.54 Å². The smallest absolute Gasteiger partial charge is 0.319 e. The van der Waals surface area contributed by atoms with Gasteiger partial charge in [0.05, 0.1) is 13.3 Å². The highest BCUT2D eigenvalue weighted by Crippen LogP contribution is 1.88. The van der Waals surface area contributed by atoms with Gasteiger partial charge in [-0.2, -0.15) is 0 Å². The van der Waals surface area contributed by atoms with Crippen molar-refractivity contribution in [1.82, 2.24) is 15.5 Å². The summed E-state index contributed by atoms with van der Waals surface area (Å²) >= 11 is 0. The van der Waals surface area contributed by atoms with E-state index in [1.165, 1.54) is 0 Å². The molecule has 0 bridgehead atoms. The maximum atomic E-state index is 10.8. The van der Waals surface area contributed by atoms with Gasteiger partial charge in [-0.1, -0.05) is 0 Å². The SMILES string of the molecule is CCN1CNCNC1=O. The van der Waals surface area contributed by atoms with Gasteiger partial charge < -0.3 is 10.2 Å². The highest BCUT2D eigenvalue weighted by Gasteiger charge is 2.13. The van der Waals surface area contributed by atoms with Gasteiger partial charge in [-0.3, -0.25) is 5.32 Å². The van der Waals surface area contributed by atoms with Crippen molar-refractivity contribution in [1.29, 1.82) is 0 Å². The second-order valence-corrected chi connectivity index (χ2v) is 1.92. The molecule has 0 saturated carbocycles. The first-order valence-electron chi connectivity index (χ1n) is 3.08. The van der Waals surface area contributed by atoms with Crippen molar-refractivity contribution in [3.8, 4) is 0 Å². The molecule has 0 radical (unpaired) electrons. The van der Waals surface area contributed by atoms with Crippen LogP contribution in [0.3, 0.4) is 0 Å². The Kier molecular flexibility index (Phi) is 1.89. The van der Waals surface area contributed by atoms with Crippen LogP contribution in [0.5, 0.6) is 0 Å². The lowest BCUT2D eigenvalue weighted by molar-refractivity contribution is 0.181. The van der Waals surface area contributed by atoms with Crippen LogP contribution in [0.25, 0.3) is 0 Å². The lowest BCUT2D eigenvalue weighted by Crippen LogP contribution is -2.53. The number of hydrogen-bond acceptors (Lipinski definition) is 2. The van der Waals surface area contributed by atoms with Crippen LogP contribution >= 0.6 is 0 Å². The number of nitrogens with one attached hydrogen (secondary N) is 2. The standard InChI is InChI=1S/C5H11N3O/c1-2-8-4-6-3-7-5(8)9/h6H,2-4H2,1H3,(H,7,9). The Bertz CT molecular complexity index is 115. The fraction of sp³-hybridized carbons (Fsp3) is 0.800. The first kappa shape index (κ1) is 6.35. The van der Waals surface area contributed by atoms with E-state index < -0.39 is 0 Å². The van der Waals surface area contributed by atoms with Gasteiger partial charge >= 0.3 is 6.03 Å². The largest absolute Gasteiger partial charge is 0.325 e. The lowest BCUT2D eigenvalue weighted by Gasteiger charge is -2.26. The molecule has 1 aliphatic heterocycles. The van der Waals surface area contributed by atoms with Gasteiger partial charge in [0.1, 0.15) is 0 Å². The first-order valence-corrected chi connectivity index (χ1v) is 3.08. The Hall–Kier alpha value is -0.770. The Morgan fingerprint density at radius 3 is 3.00 bits per heavy atom. The number of nitrogens with zero attached hydrogens (tertiary/aromatic N) is 1. The minimum atomic E-state index is 0.0243. The number of amides is 2. The van der Waals surface area contributed by atoms with Crippen LogP contribution in [0.15, 0.2) is 0 Å². The first-order chi connectivity index (χ1) is 4.34. The number of rotatable bonds is 1. The topological polar surface area (TPSA) is 44.4 Å². The van der Waals surface area contributed by atoms with Gasteiger partial charge in [0, 0.05) is 6.54 Å². The predicted octanol–water partition coefficient (Wildman–Crippen LogP) is -0.464. The summed E-state index contributed by atoms with van der Waals surface area (Å²) in [4.78, 5) is 12.5. The van der Waals surface area contributed by atoms with Gasteiger partial charge in [-0.15, -0.1) is 0 Å². The van der Waals surface area contributed by atoms with Crippen LogP contribution < -0.4 is 10.6 Å². The van der Waals surface area contributed by atoms with E-state index in [2.05, 4.69) is 10.6 Å². The third-order valence-electron chi connectivity index (χ3n) is 1.34. The maximum Gasteiger partial charge on any atom is 0.319 e. The molecule has 4 heteroatoms. The average Bonchev–Trinajstić information content (AvgIpc) is 1.89. The van der Waals surface area contributed by atoms with Crippen molar-refractivity contribution >= 4 is 6.03 Å². The summed E-state index contributed by atoms with van der Waals surface area (Å²) in [6.07, 6.45) is 0. The van der Waals surface area contributed by atoms with Crippen molar-refractivity contribution in [2.24, 2.45) is 0 Å². The van der Waals surface area contributed by atoms with Crippen molar-refractivity contribution in [3.05, 3.63) is 0 Å². The molecule has 0 atom stereocenters. The van der Waals surface area contributed by atoms with Gasteiger partial charge in [0.15, 0.2) is 0 Å². The zero-order valence-electron chi connectivity index (χ0n) is 5.48. The van der Waals surface area contributed by atoms with E-state index in [9.17, 15) is 4.79 Å². The van der Waals surface area contributed by atoms with Gasteiger partial charge in [-0.05, 0) is 6.92 Å². The molecule has 2 amide bonds. The molecule has 1 aliphatic rings. The Morgan fingerprint density at radius 2 is 2.56 bits per heavy atom. The van der Waals surface area contributed by atoms with Crippen LogP contribution in [-0.4, -0.2) is 30.8 Å². The monoisotopic (exact) mass is 129 g/mol. The zero-order chi connectivity index (χ0) is 6.69. The van der Waals surface area contributed by atoms with Gasteiger partial charge in [0.2, 0.25) is 0 Å². The van der Waals surface area contributed by atoms with Crippen LogP contribution in [0.1, 0.15) is 6.92 Å². The van der Waals surface area contributed by atoms with Crippen molar-refractivity contribution in [2.75, 3.05) is 19.9 Å². The Balaban J connectivity index is 2.39. The number of urea groups is 1. The number of carbonyl (C=O) groups excluding carboxylic acids is 1. The summed E-state index contributed by atoms with van der Waals surface area (Å²) in [5.41, 5.74) is 0. The van der Waals surface area contributed by atoms with Crippen molar-refractivity contribution in [3.63, 3.8) is 0 Å². The van der Waals surface area contributed by atoms with Crippen molar-refractivity contribution < 1.29 is 4.79 Å². The second kappa shape index (κ2) is 2.68. The number of carbonyl (C=O) groups is 1. The van der Waals surface area contributed by atoms with E-state index in [1.807, 2.05) is 6.92 Å². The van der Waals surface area contributed by atoms with Crippen LogP contribution in [-0.2, 0) is 0 Å². The van der Waals surface area contributed by atoms with Crippen LogP contribution in [0.4, 0.5) is 4.79 Å². The van der Waals surface area contributed by atoms with E-state index in [1.54, 1.807) is 4.90 Å². The molecule has 1 fully saturated rings. The quantitative estimate of drug-likeness (QED) is 0.503. The molecule has 0 aromatic heterocycles. The molecule has 0 spiro atoms. The molecule has 0 aromatic carbocycles. The molecular formula is C5H11N3O. The molecule has 0 aromatic rings. The summed E-state index contributed by atoms with van der Waals surface area (Å²) < 4.78 is 0. The van der Waals surface area contributed by atoms with E-state index in [-0.39, 0.29) is 6.03 Å².